The molecular weight excluding hydrogens is 370 g/mol. The average Bonchev–Trinajstić information content (AvgIpc) is 2.93. The molecule has 29 heavy (non-hydrogen) atoms. The summed E-state index contributed by atoms with van der Waals surface area (Å²) in [4.78, 5) is 31.8. The van der Waals surface area contributed by atoms with E-state index < -0.39 is 0 Å². The molecule has 0 saturated heterocycles. The molecule has 148 valence electrons. The Morgan fingerprint density at radius 2 is 1.86 bits per heavy atom. The highest BCUT2D eigenvalue weighted by atomic mass is 16.5. The van der Waals surface area contributed by atoms with Crippen molar-refractivity contribution in [2.75, 3.05) is 13.2 Å². The summed E-state index contributed by atoms with van der Waals surface area (Å²) in [5, 5.41) is 10.6. The van der Waals surface area contributed by atoms with Gasteiger partial charge in [0.25, 0.3) is 5.91 Å². The summed E-state index contributed by atoms with van der Waals surface area (Å²) in [6.07, 6.45) is 4.75. The normalized spacial score (nSPS) is 13.4. The van der Waals surface area contributed by atoms with Crippen LogP contribution in [0.1, 0.15) is 33.1 Å². The summed E-state index contributed by atoms with van der Waals surface area (Å²) in [6.45, 7) is 6.48. The van der Waals surface area contributed by atoms with Crippen molar-refractivity contribution in [2.45, 2.75) is 27.3 Å². The van der Waals surface area contributed by atoms with Crippen LogP contribution in [0.25, 0.3) is 11.3 Å². The lowest BCUT2D eigenvalue weighted by Crippen LogP contribution is -2.33. The molecule has 1 aliphatic heterocycles. The van der Waals surface area contributed by atoms with Crippen molar-refractivity contribution in [1.82, 2.24) is 24.8 Å². The van der Waals surface area contributed by atoms with Crippen LogP contribution in [0.2, 0.25) is 0 Å². The summed E-state index contributed by atoms with van der Waals surface area (Å²) >= 11 is 0. The van der Waals surface area contributed by atoms with Crippen LogP contribution in [-0.2, 0) is 6.54 Å². The van der Waals surface area contributed by atoms with Gasteiger partial charge in [0.1, 0.15) is 12.3 Å². The molecule has 1 amide bonds. The number of hydrogen-bond donors (Lipinski definition) is 1. The van der Waals surface area contributed by atoms with Crippen molar-refractivity contribution in [3.63, 3.8) is 0 Å². The number of rotatable bonds is 2. The zero-order valence-corrected chi connectivity index (χ0v) is 16.5. The molecule has 0 aliphatic carbocycles. The Hall–Kier alpha value is -3.55. The molecule has 0 radical (unpaired) electrons. The Morgan fingerprint density at radius 1 is 1.07 bits per heavy atom. The number of nitrogens with zero attached hydrogens (tertiary/aromatic N) is 5. The minimum Gasteiger partial charge on any atom is -0.504 e. The fourth-order valence-electron chi connectivity index (χ4n) is 3.28. The predicted octanol–water partition coefficient (Wildman–Crippen LogP) is 2.60. The number of benzene rings is 1. The summed E-state index contributed by atoms with van der Waals surface area (Å²) < 4.78 is 5.74. The van der Waals surface area contributed by atoms with Crippen molar-refractivity contribution in [3.8, 4) is 22.8 Å². The SMILES string of the molecule is Cc1cnc(C(=O)N2CCOc3c(O)cc(-c4nc(C)cnc4C)cc3C2)cn1. The molecule has 0 unspecified atom stereocenters. The molecule has 0 atom stereocenters. The molecule has 0 bridgehead atoms. The Kier molecular flexibility index (Phi) is 4.84. The molecule has 3 aromatic rings. The number of carbonyl (C=O) groups is 1. The summed E-state index contributed by atoms with van der Waals surface area (Å²) in [5.74, 6) is 0.173. The second kappa shape index (κ2) is 7.46. The lowest BCUT2D eigenvalue weighted by Gasteiger charge is -2.19. The zero-order chi connectivity index (χ0) is 20.5. The minimum absolute atomic E-state index is 0.0182. The molecule has 4 rings (SSSR count). The standard InChI is InChI=1S/C21H21N5O3/c1-12-8-24-17(10-22-12)21(28)26-4-5-29-20-16(11-26)6-15(7-18(20)27)19-14(3)23-9-13(2)25-19/h6-10,27H,4-5,11H2,1-3H3. The van der Waals surface area contributed by atoms with E-state index in [0.717, 1.165) is 22.6 Å². The lowest BCUT2D eigenvalue weighted by molar-refractivity contribution is 0.0726. The average molecular weight is 391 g/mol. The van der Waals surface area contributed by atoms with Gasteiger partial charge in [-0.05, 0) is 32.9 Å². The van der Waals surface area contributed by atoms with E-state index in [9.17, 15) is 9.90 Å². The smallest absolute Gasteiger partial charge is 0.274 e. The summed E-state index contributed by atoms with van der Waals surface area (Å²) in [5.41, 5.74) is 4.68. The molecule has 2 aromatic heterocycles. The fourth-order valence-corrected chi connectivity index (χ4v) is 3.28. The molecule has 0 fully saturated rings. The van der Waals surface area contributed by atoms with Gasteiger partial charge in [-0.15, -0.1) is 0 Å². The van der Waals surface area contributed by atoms with Crippen molar-refractivity contribution in [3.05, 3.63) is 59.1 Å². The third-order valence-corrected chi connectivity index (χ3v) is 4.75. The van der Waals surface area contributed by atoms with Crippen LogP contribution in [0, 0.1) is 20.8 Å². The molecular formula is C21H21N5O3. The molecule has 0 saturated carbocycles. The maximum atomic E-state index is 12.9. The highest BCUT2D eigenvalue weighted by molar-refractivity contribution is 5.92. The highest BCUT2D eigenvalue weighted by Crippen LogP contribution is 2.37. The first kappa shape index (κ1) is 18.8. The number of phenolic OH excluding ortho intramolecular Hbond substituents is 1. The fraction of sp³-hybridized carbons (Fsp3) is 0.286. The molecule has 8 nitrogen and oxygen atoms in total. The number of aromatic hydroxyl groups is 1. The van der Waals surface area contributed by atoms with E-state index in [1.54, 1.807) is 23.4 Å². The van der Waals surface area contributed by atoms with Crippen LogP contribution < -0.4 is 4.74 Å². The Bertz CT molecular complexity index is 1080. The van der Waals surface area contributed by atoms with Gasteiger partial charge in [-0.3, -0.25) is 14.8 Å². The van der Waals surface area contributed by atoms with Crippen LogP contribution >= 0.6 is 0 Å². The summed E-state index contributed by atoms with van der Waals surface area (Å²) in [6, 6.07) is 3.51. The first-order valence-corrected chi connectivity index (χ1v) is 9.29. The topological polar surface area (TPSA) is 101 Å². The van der Waals surface area contributed by atoms with E-state index in [1.807, 2.05) is 26.8 Å². The van der Waals surface area contributed by atoms with E-state index in [1.165, 1.54) is 6.20 Å². The molecule has 8 heteroatoms. The third kappa shape index (κ3) is 3.73. The number of hydrogen-bond acceptors (Lipinski definition) is 7. The minimum atomic E-state index is -0.231. The second-order valence-corrected chi connectivity index (χ2v) is 7.05. The van der Waals surface area contributed by atoms with Gasteiger partial charge in [-0.2, -0.15) is 0 Å². The maximum absolute atomic E-state index is 12.9. The molecule has 1 aromatic carbocycles. The third-order valence-electron chi connectivity index (χ3n) is 4.75. The van der Waals surface area contributed by atoms with Crippen molar-refractivity contribution in [1.29, 1.82) is 0 Å². The Morgan fingerprint density at radius 3 is 2.62 bits per heavy atom. The van der Waals surface area contributed by atoms with E-state index in [0.29, 0.717) is 23.6 Å². The Balaban J connectivity index is 1.71. The number of carbonyl (C=O) groups excluding carboxylic acids is 1. The van der Waals surface area contributed by atoms with Crippen LogP contribution in [0.3, 0.4) is 0 Å². The number of ether oxygens (including phenoxy) is 1. The van der Waals surface area contributed by atoms with Crippen LogP contribution in [0.15, 0.2) is 30.7 Å². The number of aryl methyl sites for hydroxylation is 3. The quantitative estimate of drug-likeness (QED) is 0.716. The van der Waals surface area contributed by atoms with Crippen molar-refractivity contribution < 1.29 is 14.6 Å². The van der Waals surface area contributed by atoms with E-state index in [4.69, 9.17) is 4.74 Å². The van der Waals surface area contributed by atoms with Crippen molar-refractivity contribution >= 4 is 5.91 Å². The second-order valence-electron chi connectivity index (χ2n) is 7.05. The van der Waals surface area contributed by atoms with E-state index in [-0.39, 0.29) is 30.5 Å². The number of amides is 1. The predicted molar refractivity (Wildman–Crippen MR) is 106 cm³/mol. The van der Waals surface area contributed by atoms with Crippen molar-refractivity contribution in [2.24, 2.45) is 0 Å². The number of aromatic nitrogens is 4. The van der Waals surface area contributed by atoms with Gasteiger partial charge in [-0.25, -0.2) is 9.97 Å². The first-order chi connectivity index (χ1) is 13.9. The van der Waals surface area contributed by atoms with Crippen LogP contribution in [0.5, 0.6) is 11.5 Å². The van der Waals surface area contributed by atoms with Crippen LogP contribution in [0.4, 0.5) is 0 Å². The Labute approximate surface area is 168 Å². The number of phenols is 1. The number of fused-ring (bicyclic) bond motifs is 1. The largest absolute Gasteiger partial charge is 0.504 e. The van der Waals surface area contributed by atoms with Gasteiger partial charge in [0.2, 0.25) is 0 Å². The molecule has 1 N–H and O–H groups in total. The molecule has 0 spiro atoms. The van der Waals surface area contributed by atoms with Crippen LogP contribution in [-0.4, -0.2) is 49.0 Å². The van der Waals surface area contributed by atoms with E-state index in [2.05, 4.69) is 19.9 Å². The van der Waals surface area contributed by atoms with E-state index >= 15 is 0 Å². The van der Waals surface area contributed by atoms with Gasteiger partial charge in [-0.1, -0.05) is 0 Å². The van der Waals surface area contributed by atoms with Gasteiger partial charge in [0.05, 0.1) is 35.5 Å². The zero-order valence-electron chi connectivity index (χ0n) is 16.5. The summed E-state index contributed by atoms with van der Waals surface area (Å²) in [7, 11) is 0. The molecule has 3 heterocycles. The van der Waals surface area contributed by atoms with Gasteiger partial charge >= 0.3 is 0 Å². The monoisotopic (exact) mass is 391 g/mol. The lowest BCUT2D eigenvalue weighted by atomic mass is 10.0. The highest BCUT2D eigenvalue weighted by Gasteiger charge is 2.25. The molecule has 1 aliphatic rings. The van der Waals surface area contributed by atoms with Gasteiger partial charge < -0.3 is 14.7 Å². The first-order valence-electron chi connectivity index (χ1n) is 9.29. The van der Waals surface area contributed by atoms with Gasteiger partial charge in [0.15, 0.2) is 11.5 Å². The maximum Gasteiger partial charge on any atom is 0.274 e. The van der Waals surface area contributed by atoms with Gasteiger partial charge in [0, 0.05) is 30.1 Å².